The topological polar surface area (TPSA) is 302 Å². The molecule has 10 atom stereocenters. The average molecular weight is 660 g/mol. The van der Waals surface area contributed by atoms with Crippen molar-refractivity contribution in [2.75, 3.05) is 18.9 Å². The number of nitrogens with zero attached hydrogens (tertiary/aromatic N) is 6. The van der Waals surface area contributed by atoms with E-state index < -0.39 is 83.9 Å². The highest BCUT2D eigenvalue weighted by Gasteiger charge is 2.51. The van der Waals surface area contributed by atoms with Crippen LogP contribution >= 0.6 is 16.1 Å². The maximum Gasteiger partial charge on any atom is 0.472 e. The van der Waals surface area contributed by atoms with Crippen LogP contribution in [0, 0.1) is 0 Å². The number of nitrogens with one attached hydrogen (secondary N) is 1. The number of nitrogen functional groups attached to an aromatic ring is 1. The number of ether oxygens (including phenoxy) is 2. The molecule has 2 aliphatic heterocycles. The number of pyridine rings is 1. The highest BCUT2D eigenvalue weighted by Crippen LogP contribution is 2.50. The van der Waals surface area contributed by atoms with Gasteiger partial charge in [0.1, 0.15) is 48.5 Å². The number of aliphatic hydroxyl groups excluding tert-OH is 3. The molecule has 2 fully saturated rings. The summed E-state index contributed by atoms with van der Waals surface area (Å²) in [5.74, 6) is 0.0445. The SMILES string of the molecule is Nc1ncnc2c1ncn2[C@@H]1O[C@H](COP(=O)(O)O[C@@H]2[C@H](O)[C@@H](CO)O[C@H]2n2cnc3c(=O)[nH]ccc32)[C@@H](O[PH](=O)O)[C@H]1O. The van der Waals surface area contributed by atoms with E-state index in [0.717, 1.165) is 6.33 Å². The minimum Gasteiger partial charge on any atom is -0.394 e. The van der Waals surface area contributed by atoms with Crippen LogP contribution in [0.5, 0.6) is 0 Å². The van der Waals surface area contributed by atoms with Gasteiger partial charge in [-0.3, -0.25) is 23.0 Å². The maximum atomic E-state index is 13.1. The van der Waals surface area contributed by atoms with Crippen molar-refractivity contribution in [2.24, 2.45) is 0 Å². The van der Waals surface area contributed by atoms with Crippen LogP contribution in [0.2, 0.25) is 0 Å². The Morgan fingerprint density at radius 3 is 2.52 bits per heavy atom. The van der Waals surface area contributed by atoms with E-state index in [1.165, 1.54) is 34.1 Å². The second-order valence-corrected chi connectivity index (χ2v) is 11.9. The number of aromatic nitrogens is 7. The third-order valence-corrected chi connectivity index (χ3v) is 8.59. The number of anilines is 1. The molecule has 2 unspecified atom stereocenters. The standard InChI is InChI=1S/C21H26N8O13P2/c22-17-12-18(25-5-24-17)29(7-27-12)20-14(32)15(41-43(34)35)10(40-20)4-38-44(36,37)42-16-13(31)9(3-30)39-21(16)28-6-26-11-8(28)1-2-23-19(11)33/h1-2,5-7,9-10,13-16,20-21,30-32,43H,3-4H2,(H,23,33)(H,34,35)(H,36,37)(H2,22,24,25)/t9-,10-,13-,14-,15-,16-,20-,21-/m1/s1. The summed E-state index contributed by atoms with van der Waals surface area (Å²) in [4.78, 5) is 50.6. The van der Waals surface area contributed by atoms with Crippen LogP contribution in [-0.4, -0.2) is 109 Å². The first kappa shape index (κ1) is 30.8. The molecule has 2 saturated heterocycles. The molecule has 2 aliphatic rings. The van der Waals surface area contributed by atoms with E-state index in [1.54, 1.807) is 0 Å². The summed E-state index contributed by atoms with van der Waals surface area (Å²) in [6.45, 7) is -1.50. The van der Waals surface area contributed by atoms with Crippen molar-refractivity contribution in [3.05, 3.63) is 41.6 Å². The Kier molecular flexibility index (Phi) is 8.39. The monoisotopic (exact) mass is 660 g/mol. The molecule has 6 heterocycles. The first-order chi connectivity index (χ1) is 21.0. The van der Waals surface area contributed by atoms with Crippen LogP contribution in [0.25, 0.3) is 22.2 Å². The summed E-state index contributed by atoms with van der Waals surface area (Å²) in [7, 11) is -8.76. The molecule has 0 saturated carbocycles. The molecule has 0 aromatic carbocycles. The zero-order valence-corrected chi connectivity index (χ0v) is 24.0. The van der Waals surface area contributed by atoms with Crippen molar-refractivity contribution in [1.29, 1.82) is 0 Å². The van der Waals surface area contributed by atoms with Crippen LogP contribution in [0.1, 0.15) is 12.5 Å². The van der Waals surface area contributed by atoms with Crippen LogP contribution < -0.4 is 11.3 Å². The van der Waals surface area contributed by atoms with Crippen molar-refractivity contribution in [2.45, 2.75) is 49.1 Å². The Hall–Kier alpha value is -3.17. The number of imidazole rings is 2. The molecule has 4 aromatic rings. The fraction of sp³-hybridized carbons (Fsp3) is 0.476. The lowest BCUT2D eigenvalue weighted by Gasteiger charge is -2.25. The van der Waals surface area contributed by atoms with Crippen molar-refractivity contribution >= 4 is 44.1 Å². The summed E-state index contributed by atoms with van der Waals surface area (Å²) >= 11 is 0. The van der Waals surface area contributed by atoms with Crippen molar-refractivity contribution in [3.63, 3.8) is 0 Å². The Balaban J connectivity index is 1.22. The van der Waals surface area contributed by atoms with E-state index in [0.29, 0.717) is 0 Å². The largest absolute Gasteiger partial charge is 0.472 e. The summed E-state index contributed by atoms with van der Waals surface area (Å²) in [5, 5.41) is 31.4. The Morgan fingerprint density at radius 2 is 1.77 bits per heavy atom. The van der Waals surface area contributed by atoms with E-state index in [1.807, 2.05) is 0 Å². The average Bonchev–Trinajstić information content (AvgIpc) is 3.74. The Bertz CT molecular complexity index is 1800. The summed E-state index contributed by atoms with van der Waals surface area (Å²) in [6, 6.07) is 1.48. The molecule has 8 N–H and O–H groups in total. The predicted octanol–water partition coefficient (Wildman–Crippen LogP) is -2.07. The molecule has 0 radical (unpaired) electrons. The van der Waals surface area contributed by atoms with Gasteiger partial charge in [0.25, 0.3) is 5.56 Å². The van der Waals surface area contributed by atoms with Crippen LogP contribution in [0.3, 0.4) is 0 Å². The number of fused-ring (bicyclic) bond motifs is 2. The van der Waals surface area contributed by atoms with Gasteiger partial charge in [-0.1, -0.05) is 0 Å². The minimum atomic E-state index is -5.11. The summed E-state index contributed by atoms with van der Waals surface area (Å²) < 4.78 is 54.1. The van der Waals surface area contributed by atoms with Crippen LogP contribution in [0.15, 0.2) is 36.0 Å². The smallest absolute Gasteiger partial charge is 0.394 e. The third-order valence-electron chi connectivity index (χ3n) is 7.13. The van der Waals surface area contributed by atoms with E-state index >= 15 is 0 Å². The van der Waals surface area contributed by atoms with Gasteiger partial charge in [0.15, 0.2) is 29.4 Å². The minimum absolute atomic E-state index is 0.0146. The first-order valence-electron chi connectivity index (χ1n) is 12.8. The van der Waals surface area contributed by atoms with Gasteiger partial charge >= 0.3 is 16.1 Å². The molecule has 0 bridgehead atoms. The molecule has 21 nitrogen and oxygen atoms in total. The number of rotatable bonds is 10. The van der Waals surface area contributed by atoms with Crippen molar-refractivity contribution < 1.29 is 57.3 Å². The fourth-order valence-electron chi connectivity index (χ4n) is 5.14. The zero-order chi connectivity index (χ0) is 31.3. The summed E-state index contributed by atoms with van der Waals surface area (Å²) in [5.41, 5.74) is 5.89. The highest BCUT2D eigenvalue weighted by molar-refractivity contribution is 7.47. The lowest BCUT2D eigenvalue weighted by molar-refractivity contribution is -0.0608. The number of hydrogen-bond acceptors (Lipinski definition) is 16. The predicted molar refractivity (Wildman–Crippen MR) is 144 cm³/mol. The molecule has 0 amide bonds. The zero-order valence-electron chi connectivity index (χ0n) is 22.1. The van der Waals surface area contributed by atoms with Crippen LogP contribution in [0.4, 0.5) is 5.82 Å². The van der Waals surface area contributed by atoms with Crippen LogP contribution in [-0.2, 0) is 32.2 Å². The lowest BCUT2D eigenvalue weighted by atomic mass is 10.1. The molecule has 0 spiro atoms. The van der Waals surface area contributed by atoms with Gasteiger partial charge < -0.3 is 54.4 Å². The number of nitrogens with two attached hydrogens (primary N) is 1. The third kappa shape index (κ3) is 5.58. The van der Waals surface area contributed by atoms with Crippen molar-refractivity contribution in [1.82, 2.24) is 34.1 Å². The second kappa shape index (κ2) is 12.0. The molecule has 6 rings (SSSR count). The number of hydrogen-bond donors (Lipinski definition) is 7. The second-order valence-electron chi connectivity index (χ2n) is 9.75. The fourth-order valence-corrected chi connectivity index (χ4v) is 6.59. The number of aliphatic hydroxyl groups is 3. The molecule has 0 aliphatic carbocycles. The molecule has 23 heteroatoms. The number of phosphoric ester groups is 1. The van der Waals surface area contributed by atoms with Gasteiger partial charge in [0.2, 0.25) is 0 Å². The maximum absolute atomic E-state index is 13.1. The van der Waals surface area contributed by atoms with Gasteiger partial charge in [-0.2, -0.15) is 0 Å². The quantitative estimate of drug-likeness (QED) is 0.0898. The lowest BCUT2D eigenvalue weighted by Crippen LogP contribution is -2.36. The Labute approximate surface area is 245 Å². The highest BCUT2D eigenvalue weighted by atomic mass is 31.2. The van der Waals surface area contributed by atoms with E-state index in [9.17, 15) is 39.0 Å². The van der Waals surface area contributed by atoms with Gasteiger partial charge in [-0.15, -0.1) is 0 Å². The first-order valence-corrected chi connectivity index (χ1v) is 15.6. The Morgan fingerprint density at radius 1 is 1.05 bits per heavy atom. The van der Waals surface area contributed by atoms with Gasteiger partial charge in [0, 0.05) is 6.20 Å². The molecule has 238 valence electrons. The number of H-pyrrole nitrogens is 1. The number of aromatic amines is 1. The molecular formula is C21H26N8O13P2. The van der Waals surface area contributed by atoms with Crippen molar-refractivity contribution in [3.8, 4) is 0 Å². The molecule has 44 heavy (non-hydrogen) atoms. The normalized spacial score (nSPS) is 31.1. The van der Waals surface area contributed by atoms with E-state index in [2.05, 4.69) is 24.9 Å². The number of phosphoric acid groups is 1. The van der Waals surface area contributed by atoms with E-state index in [4.69, 9.17) is 28.8 Å². The molecular weight excluding hydrogens is 634 g/mol. The summed E-state index contributed by atoms with van der Waals surface area (Å²) in [6.07, 6.45) is -6.80. The van der Waals surface area contributed by atoms with Gasteiger partial charge in [-0.25, -0.2) is 24.5 Å². The van der Waals surface area contributed by atoms with Gasteiger partial charge in [0.05, 0.1) is 31.4 Å². The molecule has 4 aromatic heterocycles. The van der Waals surface area contributed by atoms with E-state index in [-0.39, 0.29) is 28.0 Å². The van der Waals surface area contributed by atoms with Gasteiger partial charge in [-0.05, 0) is 6.07 Å².